The quantitative estimate of drug-likeness (QED) is 0.133. The third-order valence-electron chi connectivity index (χ3n) is 20.8. The Morgan fingerprint density at radius 2 is 0.310 bits per heavy atom. The summed E-state index contributed by atoms with van der Waals surface area (Å²) in [6, 6.07) is 143. The van der Waals surface area contributed by atoms with E-state index in [4.69, 9.17) is 0 Å². The van der Waals surface area contributed by atoms with Gasteiger partial charge < -0.3 is 0 Å². The van der Waals surface area contributed by atoms with Crippen molar-refractivity contribution in [3.05, 3.63) is 388 Å². The number of hydrogen-bond donors (Lipinski definition) is 0. The molecule has 0 aliphatic heterocycles. The summed E-state index contributed by atoms with van der Waals surface area (Å²) in [6.45, 7) is 0. The molecule has 0 aliphatic carbocycles. The Kier molecular flexibility index (Phi) is 14.3. The average molecular weight is 1270 g/mol. The monoisotopic (exact) mass is 1260 g/mol. The molecular formula is C100H64. The maximum Gasteiger partial charge on any atom is -0.00988 e. The molecule has 0 saturated carbocycles. The maximum absolute atomic E-state index is 2.36. The molecule has 0 aromatic heterocycles. The molecule has 20 rings (SSSR count). The number of rotatable bonds is 8. The summed E-state index contributed by atoms with van der Waals surface area (Å²) in [5.74, 6) is 0. The highest BCUT2D eigenvalue weighted by atomic mass is 14.2. The van der Waals surface area contributed by atoms with Crippen molar-refractivity contribution in [1.82, 2.24) is 0 Å². The van der Waals surface area contributed by atoms with Gasteiger partial charge >= 0.3 is 0 Å². The van der Waals surface area contributed by atoms with Crippen LogP contribution in [0.3, 0.4) is 0 Å². The van der Waals surface area contributed by atoms with Gasteiger partial charge in [0, 0.05) is 0 Å². The van der Waals surface area contributed by atoms with Crippen molar-refractivity contribution in [2.45, 2.75) is 0 Å². The third-order valence-corrected chi connectivity index (χ3v) is 20.8. The Labute approximate surface area is 581 Å². The lowest BCUT2D eigenvalue weighted by atomic mass is 9.89. The molecule has 0 saturated heterocycles. The SMILES string of the molecule is c1cc(-c2ccc(-c3ccc4cc(-c5ccc6ccccc6c5)ccc4c3)c3ccccc23)cc(-c2cc3ccccc3c3ccccc23)c1.c1cc(-c2ccc3ccccc3c2)cc(-c2ccc3cc(-c4ccc5c(ccc6cc(-c7ccc8ccccc8c7)ccc65)c4)ccc3c2)c1. The second-order valence-corrected chi connectivity index (χ2v) is 26.7. The number of fused-ring (bicyclic) bond motifs is 12. The Hall–Kier alpha value is -13.0. The number of benzene rings is 20. The first kappa shape index (κ1) is 58.4. The van der Waals surface area contributed by atoms with Crippen molar-refractivity contribution in [2.24, 2.45) is 0 Å². The highest BCUT2D eigenvalue weighted by Gasteiger charge is 2.16. The van der Waals surface area contributed by atoms with Crippen LogP contribution >= 0.6 is 0 Å². The molecule has 20 aromatic carbocycles. The third kappa shape index (κ3) is 10.8. The van der Waals surface area contributed by atoms with Gasteiger partial charge in [0.25, 0.3) is 0 Å². The van der Waals surface area contributed by atoms with E-state index in [-0.39, 0.29) is 0 Å². The minimum absolute atomic E-state index is 1.22. The lowest BCUT2D eigenvalue weighted by Gasteiger charge is -2.15. The van der Waals surface area contributed by atoms with Gasteiger partial charge in [-0.15, -0.1) is 0 Å². The van der Waals surface area contributed by atoms with E-state index in [9.17, 15) is 0 Å². The molecule has 0 aliphatic rings. The van der Waals surface area contributed by atoms with Gasteiger partial charge in [0.2, 0.25) is 0 Å². The molecule has 0 nitrogen and oxygen atoms in total. The van der Waals surface area contributed by atoms with E-state index in [2.05, 4.69) is 388 Å². The van der Waals surface area contributed by atoms with Crippen LogP contribution in [0.1, 0.15) is 0 Å². The van der Waals surface area contributed by atoms with E-state index in [0.29, 0.717) is 0 Å². The molecule has 464 valence electrons. The van der Waals surface area contributed by atoms with Crippen LogP contribution in [0.5, 0.6) is 0 Å². The van der Waals surface area contributed by atoms with Gasteiger partial charge in [-0.2, -0.15) is 0 Å². The van der Waals surface area contributed by atoms with Crippen molar-refractivity contribution in [1.29, 1.82) is 0 Å². The van der Waals surface area contributed by atoms with E-state index in [1.54, 1.807) is 0 Å². The summed E-state index contributed by atoms with van der Waals surface area (Å²) >= 11 is 0. The summed E-state index contributed by atoms with van der Waals surface area (Å²) in [7, 11) is 0. The Morgan fingerprint density at radius 1 is 0.0900 bits per heavy atom. The Balaban J connectivity index is 0.000000139. The van der Waals surface area contributed by atoms with Gasteiger partial charge in [-0.25, -0.2) is 0 Å². The molecule has 0 fully saturated rings. The first-order valence-electron chi connectivity index (χ1n) is 34.6. The second-order valence-electron chi connectivity index (χ2n) is 26.7. The maximum atomic E-state index is 2.36. The van der Waals surface area contributed by atoms with E-state index < -0.39 is 0 Å². The lowest BCUT2D eigenvalue weighted by Crippen LogP contribution is -1.88. The van der Waals surface area contributed by atoms with Gasteiger partial charge in [-0.1, -0.05) is 315 Å². The zero-order valence-electron chi connectivity index (χ0n) is 55.0. The smallest absolute Gasteiger partial charge is 0.00988 e. The fraction of sp³-hybridized carbons (Fsp3) is 0. The summed E-state index contributed by atoms with van der Waals surface area (Å²) in [5, 5.41) is 25.4. The highest BCUT2D eigenvalue weighted by Crippen LogP contribution is 2.42. The Morgan fingerprint density at radius 3 is 0.730 bits per heavy atom. The molecule has 0 heterocycles. The lowest BCUT2D eigenvalue weighted by molar-refractivity contribution is 1.61. The van der Waals surface area contributed by atoms with Crippen LogP contribution < -0.4 is 0 Å². The normalized spacial score (nSPS) is 11.6. The molecule has 0 amide bonds. The number of hydrogen-bond acceptors (Lipinski definition) is 0. The van der Waals surface area contributed by atoms with Crippen molar-refractivity contribution >= 4 is 108 Å². The van der Waals surface area contributed by atoms with Gasteiger partial charge in [-0.05, 0) is 270 Å². The predicted molar refractivity (Wildman–Crippen MR) is 431 cm³/mol. The molecule has 0 bridgehead atoms. The summed E-state index contributed by atoms with van der Waals surface area (Å²) in [6.07, 6.45) is 0. The first-order chi connectivity index (χ1) is 49.5. The molecule has 0 heteroatoms. The van der Waals surface area contributed by atoms with Crippen LogP contribution in [0, 0.1) is 0 Å². The Bertz CT molecular complexity index is 6660. The highest BCUT2D eigenvalue weighted by molar-refractivity contribution is 6.15. The summed E-state index contributed by atoms with van der Waals surface area (Å²) in [5.41, 5.74) is 19.8. The zero-order chi connectivity index (χ0) is 66.0. The van der Waals surface area contributed by atoms with Gasteiger partial charge in [0.1, 0.15) is 0 Å². The van der Waals surface area contributed by atoms with Crippen molar-refractivity contribution in [3.8, 4) is 89.0 Å². The van der Waals surface area contributed by atoms with Crippen molar-refractivity contribution in [2.75, 3.05) is 0 Å². The predicted octanol–water partition coefficient (Wildman–Crippen LogP) is 28.2. The van der Waals surface area contributed by atoms with E-state index in [1.165, 1.54) is 197 Å². The first-order valence-corrected chi connectivity index (χ1v) is 34.6. The minimum Gasteiger partial charge on any atom is -0.0616 e. The van der Waals surface area contributed by atoms with Crippen molar-refractivity contribution < 1.29 is 0 Å². The standard InChI is InChI=1S/2C50H32/c1-3-8-35-26-39(14-12-33(35)6-1)37-10-5-11-38(28-37)40-16-17-43-30-44(19-18-42(43)29-40)46-23-25-50-48(32-46)21-20-47-31-45(22-24-49(47)50)41-15-13-34-7-2-4-9-36(34)27-41;1-2-11-34-28-35(21-20-33(34)10-1)36-22-23-38-30-42(25-24-37(38)29-36)45-27-26-44(47-17-5-6-18-48(45)47)39-13-9-14-40(31-39)50-32-41-12-3-4-15-43(41)46-16-7-8-19-49(46)50/h2*1-32H. The van der Waals surface area contributed by atoms with Crippen LogP contribution in [-0.4, -0.2) is 0 Å². The van der Waals surface area contributed by atoms with Crippen LogP contribution in [-0.2, 0) is 0 Å². The summed E-state index contributed by atoms with van der Waals surface area (Å²) in [4.78, 5) is 0. The molecule has 0 atom stereocenters. The van der Waals surface area contributed by atoms with Gasteiger partial charge in [0.15, 0.2) is 0 Å². The molecule has 0 unspecified atom stereocenters. The zero-order valence-corrected chi connectivity index (χ0v) is 55.0. The average Bonchev–Trinajstić information content (AvgIpc) is 0.765. The molecule has 100 heavy (non-hydrogen) atoms. The molecule has 20 aromatic rings. The van der Waals surface area contributed by atoms with Crippen LogP contribution in [0.2, 0.25) is 0 Å². The molecule has 0 radical (unpaired) electrons. The van der Waals surface area contributed by atoms with Crippen LogP contribution in [0.25, 0.3) is 197 Å². The van der Waals surface area contributed by atoms with Gasteiger partial charge in [0.05, 0.1) is 0 Å². The molecule has 0 spiro atoms. The van der Waals surface area contributed by atoms with E-state index in [1.807, 2.05) is 0 Å². The largest absolute Gasteiger partial charge is 0.0616 e. The van der Waals surface area contributed by atoms with E-state index >= 15 is 0 Å². The topological polar surface area (TPSA) is 0 Å². The van der Waals surface area contributed by atoms with Crippen molar-refractivity contribution in [3.63, 3.8) is 0 Å². The fourth-order valence-electron chi connectivity index (χ4n) is 15.6. The van der Waals surface area contributed by atoms with E-state index in [0.717, 1.165) is 0 Å². The second kappa shape index (κ2) is 24.6. The summed E-state index contributed by atoms with van der Waals surface area (Å²) < 4.78 is 0. The molecular weight excluding hydrogens is 1200 g/mol. The fourth-order valence-corrected chi connectivity index (χ4v) is 15.6. The minimum atomic E-state index is 1.22. The van der Waals surface area contributed by atoms with Crippen LogP contribution in [0.15, 0.2) is 388 Å². The van der Waals surface area contributed by atoms with Gasteiger partial charge in [-0.3, -0.25) is 0 Å². The molecule has 0 N–H and O–H groups in total. The van der Waals surface area contributed by atoms with Crippen LogP contribution in [0.4, 0.5) is 0 Å².